The molecule has 2 nitrogen and oxygen atoms in total. The third-order valence-corrected chi connectivity index (χ3v) is 3.02. The van der Waals surface area contributed by atoms with Crippen LogP contribution in [0.15, 0.2) is 35.5 Å². The molecule has 0 aromatic rings. The van der Waals surface area contributed by atoms with Crippen molar-refractivity contribution < 1.29 is 4.84 Å². The Bertz CT molecular complexity index is 397. The van der Waals surface area contributed by atoms with Gasteiger partial charge in [-0.15, -0.1) is 6.42 Å². The Kier molecular flexibility index (Phi) is 3.28. The Morgan fingerprint density at radius 1 is 1.69 bits per heavy atom. The standard InChI is InChI=1S/C14H17NO/c1-4-6-7-11-8-9-12-10-15(3)16-14(12)13(11)5-2/h2,6-9,12,14H,4,10H2,1,3H3/p+1/b7-6-. The fourth-order valence-corrected chi connectivity index (χ4v) is 2.23. The van der Waals surface area contributed by atoms with Crippen molar-refractivity contribution in [3.8, 4) is 12.3 Å². The van der Waals surface area contributed by atoms with Gasteiger partial charge in [0.25, 0.3) is 0 Å². The van der Waals surface area contributed by atoms with Gasteiger partial charge in [-0.3, -0.25) is 0 Å². The van der Waals surface area contributed by atoms with Gasteiger partial charge in [0.2, 0.25) is 6.10 Å². The second-order valence-electron chi connectivity index (χ2n) is 4.25. The van der Waals surface area contributed by atoms with E-state index in [9.17, 15) is 0 Å². The summed E-state index contributed by atoms with van der Waals surface area (Å²) in [4.78, 5) is 4.57. The van der Waals surface area contributed by atoms with Gasteiger partial charge in [0.15, 0.2) is 0 Å². The molecule has 2 heteroatoms. The molecule has 84 valence electrons. The molecule has 2 unspecified atom stereocenters. The fraction of sp³-hybridized carbons (Fsp3) is 0.429. The highest BCUT2D eigenvalue weighted by atomic mass is 16.7. The molecular formula is C14H18NO+. The van der Waals surface area contributed by atoms with Crippen LogP contribution in [0.3, 0.4) is 0 Å². The number of nitrogens with zero attached hydrogens (tertiary/aromatic N) is 1. The quantitative estimate of drug-likeness (QED) is 0.508. The molecule has 2 rings (SSSR count). The van der Waals surface area contributed by atoms with Gasteiger partial charge in [0, 0.05) is 0 Å². The lowest BCUT2D eigenvalue weighted by Gasteiger charge is -2.16. The molecule has 0 spiro atoms. The van der Waals surface area contributed by atoms with E-state index >= 15 is 0 Å². The first-order valence-electron chi connectivity index (χ1n) is 5.73. The normalized spacial score (nSPS) is 29.8. The lowest BCUT2D eigenvalue weighted by atomic mass is 9.87. The number of hydroxylamine groups is 2. The second-order valence-corrected chi connectivity index (χ2v) is 4.25. The molecule has 0 aromatic carbocycles. The van der Waals surface area contributed by atoms with Crippen molar-refractivity contribution in [2.24, 2.45) is 5.92 Å². The van der Waals surface area contributed by atoms with Crippen LogP contribution in [0.1, 0.15) is 13.3 Å². The van der Waals surface area contributed by atoms with E-state index in [0.717, 1.165) is 24.1 Å². The maximum absolute atomic E-state index is 5.61. The molecule has 2 aliphatic rings. The summed E-state index contributed by atoms with van der Waals surface area (Å²) in [5.41, 5.74) is 2.17. The summed E-state index contributed by atoms with van der Waals surface area (Å²) in [5, 5.41) is 1.99. The predicted octanol–water partition coefficient (Wildman–Crippen LogP) is 1.83. The third kappa shape index (κ3) is 1.97. The molecule has 0 bridgehead atoms. The summed E-state index contributed by atoms with van der Waals surface area (Å²) in [7, 11) is 2.00. The zero-order chi connectivity index (χ0) is 11.5. The molecule has 1 N–H and O–H groups in total. The van der Waals surface area contributed by atoms with Crippen molar-refractivity contribution in [1.29, 1.82) is 0 Å². The van der Waals surface area contributed by atoms with Crippen molar-refractivity contribution in [1.82, 2.24) is 5.06 Å². The van der Waals surface area contributed by atoms with Gasteiger partial charge < -0.3 is 4.84 Å². The van der Waals surface area contributed by atoms with E-state index in [1.165, 1.54) is 0 Å². The summed E-state index contributed by atoms with van der Waals surface area (Å²) >= 11 is 0. The van der Waals surface area contributed by atoms with Crippen LogP contribution in [-0.4, -0.2) is 29.6 Å². The Balaban J connectivity index is 2.30. The molecule has 0 amide bonds. The second kappa shape index (κ2) is 4.69. The molecule has 1 fully saturated rings. The number of terminal acetylenes is 1. The smallest absolute Gasteiger partial charge is 0.219 e. The topological polar surface area (TPSA) is 16.0 Å². The van der Waals surface area contributed by atoms with Crippen LogP contribution >= 0.6 is 0 Å². The Labute approximate surface area is 97.2 Å². The van der Waals surface area contributed by atoms with E-state index in [4.69, 9.17) is 6.42 Å². The number of fused-ring (bicyclic) bond motifs is 1. The Morgan fingerprint density at radius 2 is 2.50 bits per heavy atom. The van der Waals surface area contributed by atoms with Gasteiger partial charge in [-0.25, -0.2) is 0 Å². The molecule has 1 heterocycles. The maximum Gasteiger partial charge on any atom is 0.219 e. The number of rotatable bonds is 2. The van der Waals surface area contributed by atoms with Crippen LogP contribution in [0.5, 0.6) is 0 Å². The summed E-state index contributed by atoms with van der Waals surface area (Å²) in [6, 6.07) is 0. The van der Waals surface area contributed by atoms with Crippen molar-refractivity contribution >= 4 is 0 Å². The first kappa shape index (κ1) is 11.2. The summed E-state index contributed by atoms with van der Waals surface area (Å²) in [5.74, 6) is 3.27. The minimum atomic E-state index is 0.163. The number of hydrogen-bond acceptors (Lipinski definition) is 1. The zero-order valence-corrected chi connectivity index (χ0v) is 9.85. The van der Waals surface area contributed by atoms with Crippen LogP contribution in [0.25, 0.3) is 0 Å². The van der Waals surface area contributed by atoms with Gasteiger partial charge in [-0.1, -0.05) is 42.2 Å². The van der Waals surface area contributed by atoms with Gasteiger partial charge >= 0.3 is 0 Å². The van der Waals surface area contributed by atoms with Crippen molar-refractivity contribution in [3.05, 3.63) is 35.5 Å². The average molecular weight is 216 g/mol. The van der Waals surface area contributed by atoms with E-state index in [1.807, 2.05) is 12.1 Å². The lowest BCUT2D eigenvalue weighted by Crippen LogP contribution is -2.24. The Hall–Kier alpha value is -1.30. The van der Waals surface area contributed by atoms with Crippen LogP contribution in [0.4, 0.5) is 0 Å². The minimum absolute atomic E-state index is 0.163. The molecular weight excluding hydrogens is 198 g/mol. The zero-order valence-electron chi connectivity index (χ0n) is 9.85. The minimum Gasteiger partial charge on any atom is -0.320 e. The first-order chi connectivity index (χ1) is 7.76. The van der Waals surface area contributed by atoms with Crippen LogP contribution in [-0.2, 0) is 0 Å². The average Bonchev–Trinajstić information content (AvgIpc) is 2.65. The molecule has 2 atom stereocenters. The van der Waals surface area contributed by atoms with Gasteiger partial charge in [0.1, 0.15) is 0 Å². The van der Waals surface area contributed by atoms with E-state index in [-0.39, 0.29) is 6.10 Å². The van der Waals surface area contributed by atoms with Gasteiger partial charge in [0.05, 0.1) is 25.1 Å². The largest absolute Gasteiger partial charge is 0.320 e. The molecule has 1 aliphatic carbocycles. The lowest BCUT2D eigenvalue weighted by molar-refractivity contribution is -0.257. The highest BCUT2D eigenvalue weighted by Crippen LogP contribution is 2.31. The number of allylic oxidation sites excluding steroid dienone is 4. The van der Waals surface area contributed by atoms with Crippen molar-refractivity contribution in [2.75, 3.05) is 13.6 Å². The highest BCUT2D eigenvalue weighted by Gasteiger charge is 2.40. The van der Waals surface area contributed by atoms with Crippen molar-refractivity contribution in [2.45, 2.75) is 19.4 Å². The Morgan fingerprint density at radius 3 is 3.19 bits per heavy atom. The predicted molar refractivity (Wildman–Crippen MR) is 66.6 cm³/mol. The van der Waals surface area contributed by atoms with Gasteiger partial charge in [-0.05, 0) is 12.0 Å². The monoisotopic (exact) mass is 216 g/mol. The van der Waals surface area contributed by atoms with E-state index in [1.54, 1.807) is 0 Å². The fourth-order valence-electron chi connectivity index (χ4n) is 2.23. The SMILES string of the molecule is C#CC1=C(/C=C\CC)C=CC2CN(C)[OH+]C12. The molecule has 0 saturated carbocycles. The van der Waals surface area contributed by atoms with Crippen LogP contribution < -0.4 is 0 Å². The first-order valence-corrected chi connectivity index (χ1v) is 5.73. The summed E-state index contributed by atoms with van der Waals surface area (Å²) in [6.45, 7) is 3.09. The van der Waals surface area contributed by atoms with Crippen LogP contribution in [0, 0.1) is 18.3 Å². The van der Waals surface area contributed by atoms with E-state index in [2.05, 4.69) is 42.0 Å². The van der Waals surface area contributed by atoms with E-state index < -0.39 is 0 Å². The summed E-state index contributed by atoms with van der Waals surface area (Å²) in [6.07, 6.45) is 15.4. The van der Waals surface area contributed by atoms with Crippen molar-refractivity contribution in [3.63, 3.8) is 0 Å². The van der Waals surface area contributed by atoms with Gasteiger partial charge in [-0.2, -0.15) is 0 Å². The van der Waals surface area contributed by atoms with Crippen LogP contribution in [0.2, 0.25) is 0 Å². The molecule has 16 heavy (non-hydrogen) atoms. The number of hydrogen-bond donors (Lipinski definition) is 0. The maximum atomic E-state index is 5.61. The number of aliphatic hydroxyl groups is 1. The van der Waals surface area contributed by atoms with E-state index in [0.29, 0.717) is 5.92 Å². The molecule has 1 saturated heterocycles. The molecule has 0 radical (unpaired) electrons. The third-order valence-electron chi connectivity index (χ3n) is 3.02. The summed E-state index contributed by atoms with van der Waals surface area (Å²) < 4.78 is 0. The highest BCUT2D eigenvalue weighted by molar-refractivity contribution is 5.49. The molecule has 0 aromatic heterocycles. The molecule has 1 aliphatic heterocycles.